The predicted molar refractivity (Wildman–Crippen MR) is 95.1 cm³/mol. The van der Waals surface area contributed by atoms with E-state index in [0.717, 1.165) is 31.8 Å². The molecule has 136 valence electrons. The minimum absolute atomic E-state index is 0.102. The Morgan fingerprint density at radius 3 is 2.84 bits per heavy atom. The van der Waals surface area contributed by atoms with E-state index in [1.807, 2.05) is 29.1 Å². The van der Waals surface area contributed by atoms with Gasteiger partial charge in [0.1, 0.15) is 5.76 Å². The summed E-state index contributed by atoms with van der Waals surface area (Å²) in [5, 5.41) is 10.0. The minimum atomic E-state index is -0.131. The van der Waals surface area contributed by atoms with Gasteiger partial charge in [0.05, 0.1) is 12.3 Å². The van der Waals surface area contributed by atoms with E-state index in [9.17, 15) is 4.79 Å². The van der Waals surface area contributed by atoms with Crippen LogP contribution in [0, 0.1) is 0 Å². The van der Waals surface area contributed by atoms with Gasteiger partial charge in [-0.3, -0.25) is 9.58 Å². The molecule has 3 rings (SSSR count). The van der Waals surface area contributed by atoms with Crippen molar-refractivity contribution in [2.45, 2.75) is 38.3 Å². The zero-order valence-electron chi connectivity index (χ0n) is 14.6. The van der Waals surface area contributed by atoms with Gasteiger partial charge in [0.2, 0.25) is 0 Å². The monoisotopic (exact) mass is 345 g/mol. The summed E-state index contributed by atoms with van der Waals surface area (Å²) in [5.74, 6) is 0.917. The van der Waals surface area contributed by atoms with Gasteiger partial charge in [0.15, 0.2) is 0 Å². The molecule has 0 saturated carbocycles. The van der Waals surface area contributed by atoms with Crippen LogP contribution in [0.3, 0.4) is 0 Å². The van der Waals surface area contributed by atoms with E-state index in [1.54, 1.807) is 12.5 Å². The molecule has 2 aromatic heterocycles. The van der Waals surface area contributed by atoms with E-state index in [1.165, 1.54) is 19.3 Å². The zero-order chi connectivity index (χ0) is 17.3. The maximum absolute atomic E-state index is 12.1. The van der Waals surface area contributed by atoms with Gasteiger partial charge in [-0.2, -0.15) is 5.10 Å². The van der Waals surface area contributed by atoms with Gasteiger partial charge in [-0.15, -0.1) is 0 Å². The van der Waals surface area contributed by atoms with Crippen LogP contribution >= 0.6 is 0 Å². The summed E-state index contributed by atoms with van der Waals surface area (Å²) in [6.45, 7) is 4.09. The average molecular weight is 345 g/mol. The number of piperidine rings is 1. The van der Waals surface area contributed by atoms with Crippen molar-refractivity contribution in [3.05, 3.63) is 42.6 Å². The molecule has 0 spiro atoms. The summed E-state index contributed by atoms with van der Waals surface area (Å²) >= 11 is 0. The smallest absolute Gasteiger partial charge is 0.314 e. The number of likely N-dealkylation sites (tertiary alicyclic amines) is 1. The number of carbonyl (C=O) groups excluding carboxylic acids is 1. The van der Waals surface area contributed by atoms with Crippen LogP contribution in [0.2, 0.25) is 0 Å². The molecule has 1 aliphatic heterocycles. The van der Waals surface area contributed by atoms with Crippen LogP contribution < -0.4 is 10.6 Å². The number of carbonyl (C=O) groups is 1. The number of furan rings is 1. The summed E-state index contributed by atoms with van der Waals surface area (Å²) in [6, 6.07) is 5.76. The number of hydrogen-bond donors (Lipinski definition) is 2. The van der Waals surface area contributed by atoms with Crippen LogP contribution in [0.5, 0.6) is 0 Å². The highest BCUT2D eigenvalue weighted by Gasteiger charge is 2.24. The highest BCUT2D eigenvalue weighted by Crippen LogP contribution is 2.24. The maximum Gasteiger partial charge on any atom is 0.314 e. The van der Waals surface area contributed by atoms with E-state index < -0.39 is 0 Å². The Hall–Kier alpha value is -2.28. The molecular weight excluding hydrogens is 318 g/mol. The van der Waals surface area contributed by atoms with Crippen molar-refractivity contribution in [2.75, 3.05) is 26.2 Å². The van der Waals surface area contributed by atoms with Gasteiger partial charge in [-0.25, -0.2) is 4.79 Å². The number of aromatic nitrogens is 2. The normalized spacial score (nSPS) is 16.5. The third kappa shape index (κ3) is 5.35. The molecule has 7 heteroatoms. The van der Waals surface area contributed by atoms with E-state index in [4.69, 9.17) is 4.42 Å². The van der Waals surface area contributed by atoms with E-state index in [2.05, 4.69) is 20.6 Å². The van der Waals surface area contributed by atoms with Crippen LogP contribution in [0.15, 0.2) is 41.3 Å². The average Bonchev–Trinajstić information content (AvgIpc) is 3.34. The van der Waals surface area contributed by atoms with Crippen molar-refractivity contribution in [1.82, 2.24) is 25.3 Å². The summed E-state index contributed by atoms with van der Waals surface area (Å²) in [6.07, 6.45) is 9.92. The van der Waals surface area contributed by atoms with Gasteiger partial charge >= 0.3 is 6.03 Å². The number of rotatable bonds is 8. The molecule has 0 radical (unpaired) electrons. The summed E-state index contributed by atoms with van der Waals surface area (Å²) in [5.41, 5.74) is 0. The van der Waals surface area contributed by atoms with Crippen LogP contribution in [0.4, 0.5) is 4.79 Å². The largest absolute Gasteiger partial charge is 0.468 e. The minimum Gasteiger partial charge on any atom is -0.468 e. The summed E-state index contributed by atoms with van der Waals surface area (Å²) < 4.78 is 7.46. The predicted octanol–water partition coefficient (Wildman–Crippen LogP) is 2.39. The molecule has 25 heavy (non-hydrogen) atoms. The zero-order valence-corrected chi connectivity index (χ0v) is 14.6. The molecule has 3 heterocycles. The molecular formula is C18H27N5O2. The van der Waals surface area contributed by atoms with E-state index in [0.29, 0.717) is 13.1 Å². The second kappa shape index (κ2) is 9.27. The first-order chi connectivity index (χ1) is 12.3. The van der Waals surface area contributed by atoms with Gasteiger partial charge < -0.3 is 15.1 Å². The molecule has 2 N–H and O–H groups in total. The molecule has 0 bridgehead atoms. The number of hydrogen-bond acceptors (Lipinski definition) is 4. The lowest BCUT2D eigenvalue weighted by Crippen LogP contribution is -2.43. The summed E-state index contributed by atoms with van der Waals surface area (Å²) in [7, 11) is 0. The first-order valence-electron chi connectivity index (χ1n) is 9.09. The van der Waals surface area contributed by atoms with Crippen molar-refractivity contribution in [3.8, 4) is 0 Å². The number of nitrogens with one attached hydrogen (secondary N) is 2. The third-order valence-corrected chi connectivity index (χ3v) is 4.57. The van der Waals surface area contributed by atoms with Crippen LogP contribution in [-0.2, 0) is 6.54 Å². The highest BCUT2D eigenvalue weighted by molar-refractivity contribution is 5.73. The maximum atomic E-state index is 12.1. The molecule has 1 fully saturated rings. The Labute approximate surface area is 148 Å². The number of nitrogens with zero attached hydrogens (tertiary/aromatic N) is 3. The summed E-state index contributed by atoms with van der Waals surface area (Å²) in [4.78, 5) is 14.5. The number of urea groups is 1. The van der Waals surface area contributed by atoms with Gasteiger partial charge in [0, 0.05) is 32.0 Å². The fourth-order valence-electron chi connectivity index (χ4n) is 3.25. The van der Waals surface area contributed by atoms with Crippen molar-refractivity contribution in [1.29, 1.82) is 0 Å². The van der Waals surface area contributed by atoms with E-state index >= 15 is 0 Å². The van der Waals surface area contributed by atoms with Crippen molar-refractivity contribution < 1.29 is 9.21 Å². The Balaban J connectivity index is 1.41. The Kier molecular flexibility index (Phi) is 6.50. The van der Waals surface area contributed by atoms with Crippen molar-refractivity contribution in [2.24, 2.45) is 0 Å². The lowest BCUT2D eigenvalue weighted by Gasteiger charge is -2.33. The molecule has 1 aliphatic rings. The fraction of sp³-hybridized carbons (Fsp3) is 0.556. The SMILES string of the molecule is O=C(NCCCn1cccn1)NC[C@H](c1ccco1)N1CCCCC1. The van der Waals surface area contributed by atoms with E-state index in [-0.39, 0.29) is 12.1 Å². The lowest BCUT2D eigenvalue weighted by atomic mass is 10.1. The van der Waals surface area contributed by atoms with Crippen LogP contribution in [-0.4, -0.2) is 46.9 Å². The fourth-order valence-corrected chi connectivity index (χ4v) is 3.25. The highest BCUT2D eigenvalue weighted by atomic mass is 16.3. The molecule has 1 saturated heterocycles. The molecule has 2 aromatic rings. The van der Waals surface area contributed by atoms with Crippen LogP contribution in [0.1, 0.15) is 37.5 Å². The molecule has 0 unspecified atom stereocenters. The standard InChI is InChI=1S/C18H27N5O2/c24-18(19-8-5-12-23-13-6-9-21-23)20-15-16(17-7-4-14-25-17)22-10-2-1-3-11-22/h4,6-7,9,13-14,16H,1-3,5,8,10-12,15H2,(H2,19,20,24)/t16-/m1/s1. The Morgan fingerprint density at radius 2 is 2.12 bits per heavy atom. The third-order valence-electron chi connectivity index (χ3n) is 4.57. The van der Waals surface area contributed by atoms with Gasteiger partial charge in [-0.05, 0) is 50.6 Å². The first kappa shape index (κ1) is 17.5. The Bertz CT molecular complexity index is 605. The quantitative estimate of drug-likeness (QED) is 0.721. The number of amides is 2. The topological polar surface area (TPSA) is 75.3 Å². The molecule has 1 atom stereocenters. The van der Waals surface area contributed by atoms with Crippen molar-refractivity contribution in [3.63, 3.8) is 0 Å². The van der Waals surface area contributed by atoms with Crippen molar-refractivity contribution >= 4 is 6.03 Å². The molecule has 0 aliphatic carbocycles. The van der Waals surface area contributed by atoms with Crippen LogP contribution in [0.25, 0.3) is 0 Å². The van der Waals surface area contributed by atoms with Gasteiger partial charge in [-0.1, -0.05) is 6.42 Å². The lowest BCUT2D eigenvalue weighted by molar-refractivity contribution is 0.143. The second-order valence-corrected chi connectivity index (χ2v) is 6.39. The second-order valence-electron chi connectivity index (χ2n) is 6.39. The van der Waals surface area contributed by atoms with Gasteiger partial charge in [0.25, 0.3) is 0 Å². The molecule has 2 amide bonds. The Morgan fingerprint density at radius 1 is 1.24 bits per heavy atom. The first-order valence-corrected chi connectivity index (χ1v) is 9.09. The molecule has 7 nitrogen and oxygen atoms in total. The molecule has 0 aromatic carbocycles. The number of aryl methyl sites for hydroxylation is 1.